The van der Waals surface area contributed by atoms with Gasteiger partial charge in [0.15, 0.2) is 0 Å². The Bertz CT molecular complexity index is 1740. The average Bonchev–Trinajstić information content (AvgIpc) is 3.19. The third-order valence-electron chi connectivity index (χ3n) is 14.0. The quantitative estimate of drug-likeness (QED) is 0.233. The highest BCUT2D eigenvalue weighted by Gasteiger charge is 2.51. The van der Waals surface area contributed by atoms with Crippen LogP contribution in [-0.4, -0.2) is 0 Å². The summed E-state index contributed by atoms with van der Waals surface area (Å²) in [5, 5.41) is 0. The average molecular weight is 635 g/mol. The van der Waals surface area contributed by atoms with Gasteiger partial charge in [-0.05, 0) is 138 Å². The van der Waals surface area contributed by atoms with Gasteiger partial charge in [0, 0.05) is 17.8 Å². The topological polar surface area (TPSA) is 0 Å². The summed E-state index contributed by atoms with van der Waals surface area (Å²) in [4.78, 5) is 0. The van der Waals surface area contributed by atoms with E-state index in [2.05, 4.69) is 88.5 Å². The lowest BCUT2D eigenvalue weighted by Gasteiger charge is -2.47. The van der Waals surface area contributed by atoms with E-state index in [0.29, 0.717) is 41.4 Å². The number of hydrogen-bond donors (Lipinski definition) is 0. The van der Waals surface area contributed by atoms with Crippen LogP contribution in [0.15, 0.2) is 128 Å². The monoisotopic (exact) mass is 634 g/mol. The van der Waals surface area contributed by atoms with Crippen molar-refractivity contribution in [3.05, 3.63) is 128 Å². The summed E-state index contributed by atoms with van der Waals surface area (Å²) in [5.74, 6) is 5.06. The van der Waals surface area contributed by atoms with Crippen molar-refractivity contribution in [2.45, 2.75) is 118 Å². The maximum absolute atomic E-state index is 2.86. The molecule has 48 heavy (non-hydrogen) atoms. The Labute approximate surface area is 291 Å². The molecule has 0 radical (unpaired) electrons. The second-order valence-electron chi connectivity index (χ2n) is 16.9. The van der Waals surface area contributed by atoms with E-state index in [1.807, 2.05) is 5.57 Å². The van der Waals surface area contributed by atoms with Gasteiger partial charge in [-0.15, -0.1) is 0 Å². The molecule has 1 saturated carbocycles. The van der Waals surface area contributed by atoms with Crippen LogP contribution in [0.5, 0.6) is 0 Å². The van der Waals surface area contributed by atoms with E-state index >= 15 is 0 Å². The fraction of sp³-hybridized carbons (Fsp3) is 0.542. The van der Waals surface area contributed by atoms with Gasteiger partial charge in [0.2, 0.25) is 0 Å². The van der Waals surface area contributed by atoms with E-state index in [0.717, 1.165) is 12.3 Å². The van der Waals surface area contributed by atoms with E-state index in [9.17, 15) is 0 Å². The van der Waals surface area contributed by atoms with Crippen LogP contribution in [0, 0.1) is 47.3 Å². The molecular weight excluding hydrogens is 577 g/mol. The Morgan fingerprint density at radius 3 is 2.31 bits per heavy atom. The van der Waals surface area contributed by atoms with Crippen molar-refractivity contribution < 1.29 is 0 Å². The van der Waals surface area contributed by atoms with E-state index < -0.39 is 0 Å². The fourth-order valence-corrected chi connectivity index (χ4v) is 12.1. The van der Waals surface area contributed by atoms with Crippen molar-refractivity contribution in [2.75, 3.05) is 0 Å². The van der Waals surface area contributed by atoms with Gasteiger partial charge >= 0.3 is 0 Å². The number of allylic oxidation sites excluding steroid dienone is 22. The number of hydrogen-bond acceptors (Lipinski definition) is 0. The zero-order chi connectivity index (χ0) is 32.5. The first-order valence-corrected chi connectivity index (χ1v) is 20.4. The van der Waals surface area contributed by atoms with Crippen LogP contribution in [-0.2, 0) is 0 Å². The second kappa shape index (κ2) is 12.5. The van der Waals surface area contributed by atoms with Crippen molar-refractivity contribution in [1.29, 1.82) is 0 Å². The second-order valence-corrected chi connectivity index (χ2v) is 16.9. The highest BCUT2D eigenvalue weighted by Crippen LogP contribution is 2.63. The molecule has 0 heterocycles. The van der Waals surface area contributed by atoms with Crippen molar-refractivity contribution in [1.82, 2.24) is 0 Å². The molecule has 0 saturated heterocycles. The summed E-state index contributed by atoms with van der Waals surface area (Å²) in [7, 11) is 0. The predicted octanol–water partition coefficient (Wildman–Crippen LogP) is 13.1. The molecule has 0 aromatic carbocycles. The molecule has 8 atom stereocenters. The van der Waals surface area contributed by atoms with Gasteiger partial charge in [-0.25, -0.2) is 0 Å². The first kappa shape index (κ1) is 31.1. The summed E-state index contributed by atoms with van der Waals surface area (Å²) in [6, 6.07) is 0. The molecule has 0 amide bonds. The number of rotatable bonds is 8. The van der Waals surface area contributed by atoms with E-state index in [1.54, 1.807) is 61.3 Å². The Morgan fingerprint density at radius 2 is 1.48 bits per heavy atom. The van der Waals surface area contributed by atoms with Crippen LogP contribution in [0.3, 0.4) is 0 Å². The largest absolute Gasteiger partial charge is 0.0805 e. The molecule has 0 heteroatoms. The summed E-state index contributed by atoms with van der Waals surface area (Å²) in [6.07, 6.45) is 44.8. The minimum Gasteiger partial charge on any atom is -0.0805 e. The first-order chi connectivity index (χ1) is 23.6. The first-order valence-electron chi connectivity index (χ1n) is 20.4. The van der Waals surface area contributed by atoms with Crippen LogP contribution in [0.25, 0.3) is 0 Å². The van der Waals surface area contributed by atoms with Crippen molar-refractivity contribution >= 4 is 0 Å². The third-order valence-corrected chi connectivity index (χ3v) is 14.0. The molecule has 0 spiro atoms. The highest BCUT2D eigenvalue weighted by atomic mass is 14.5. The lowest BCUT2D eigenvalue weighted by Crippen LogP contribution is -2.38. The maximum Gasteiger partial charge on any atom is 0.0164 e. The van der Waals surface area contributed by atoms with Gasteiger partial charge < -0.3 is 0 Å². The molecule has 9 aliphatic carbocycles. The summed E-state index contributed by atoms with van der Waals surface area (Å²) >= 11 is 0. The zero-order valence-electron chi connectivity index (χ0n) is 30.3. The van der Waals surface area contributed by atoms with Gasteiger partial charge in [0.05, 0.1) is 0 Å². The molecule has 9 aliphatic rings. The maximum atomic E-state index is 2.86. The van der Waals surface area contributed by atoms with Crippen LogP contribution >= 0.6 is 0 Å². The van der Waals surface area contributed by atoms with Crippen LogP contribution in [0.4, 0.5) is 0 Å². The molecule has 0 N–H and O–H groups in total. The minimum absolute atomic E-state index is 0.536. The van der Waals surface area contributed by atoms with Crippen molar-refractivity contribution in [3.63, 3.8) is 0 Å². The van der Waals surface area contributed by atoms with Gasteiger partial charge in [-0.2, -0.15) is 0 Å². The SMILES string of the molecule is CCCC1=CCC2=C3CC(CC4CCC(CCC)=CC4C3=C1)C1=C2C=CC2C1C=C1C3=C(CC(CCC)C=C3)C3=CC(CCC)=CC2C13. The third kappa shape index (κ3) is 4.89. The molecule has 0 nitrogen and oxygen atoms in total. The molecule has 0 aliphatic heterocycles. The van der Waals surface area contributed by atoms with Gasteiger partial charge in [-0.1, -0.05) is 136 Å². The highest BCUT2D eigenvalue weighted by molar-refractivity contribution is 5.69. The molecule has 8 unspecified atom stereocenters. The predicted molar refractivity (Wildman–Crippen MR) is 203 cm³/mol. The van der Waals surface area contributed by atoms with Gasteiger partial charge in [0.1, 0.15) is 0 Å². The van der Waals surface area contributed by atoms with Gasteiger partial charge in [0.25, 0.3) is 0 Å². The van der Waals surface area contributed by atoms with Crippen LogP contribution < -0.4 is 0 Å². The molecular formula is C48H58. The van der Waals surface area contributed by atoms with E-state index in [1.165, 1.54) is 83.5 Å². The molecule has 0 aromatic rings. The standard InChI is InChI=1S/C48H58/c1-5-9-29-13-16-33-26-34-27-42-35(17-14-31(11-7-3)23-41(42)39(33)21-29)38-20-19-37-43-24-32(12-8-4)25-44-40-22-30(10-6-2)15-18-36(40)46(48(43)44)28-45(37)47(34)38/h14-15,18-21,23-25,28,30,33-34,37,39,43,45,48H,5-13,16-17,22,26-27H2,1-4H3. The summed E-state index contributed by atoms with van der Waals surface area (Å²) < 4.78 is 0. The smallest absolute Gasteiger partial charge is 0.0164 e. The van der Waals surface area contributed by atoms with E-state index in [4.69, 9.17) is 0 Å². The normalized spacial score (nSPS) is 35.6. The summed E-state index contributed by atoms with van der Waals surface area (Å²) in [6.45, 7) is 9.45. The van der Waals surface area contributed by atoms with Crippen molar-refractivity contribution in [3.8, 4) is 0 Å². The van der Waals surface area contributed by atoms with Gasteiger partial charge in [-0.3, -0.25) is 0 Å². The Kier molecular flexibility index (Phi) is 8.10. The van der Waals surface area contributed by atoms with Crippen LogP contribution in [0.1, 0.15) is 118 Å². The van der Waals surface area contributed by atoms with Crippen molar-refractivity contribution in [2.24, 2.45) is 47.3 Å². The molecule has 0 aromatic heterocycles. The van der Waals surface area contributed by atoms with E-state index in [-0.39, 0.29) is 0 Å². The minimum atomic E-state index is 0.536. The number of fused-ring (bicyclic) bond motifs is 10. The Balaban J connectivity index is 1.18. The fourth-order valence-electron chi connectivity index (χ4n) is 12.1. The Hall–Kier alpha value is -2.86. The lowest BCUT2D eigenvalue weighted by molar-refractivity contribution is 0.280. The zero-order valence-corrected chi connectivity index (χ0v) is 30.3. The Morgan fingerprint density at radius 1 is 0.667 bits per heavy atom. The molecule has 1 fully saturated rings. The lowest BCUT2D eigenvalue weighted by atomic mass is 9.57. The molecule has 250 valence electrons. The molecule has 2 bridgehead atoms. The summed E-state index contributed by atoms with van der Waals surface area (Å²) in [5.41, 5.74) is 20.4. The van der Waals surface area contributed by atoms with Crippen LogP contribution in [0.2, 0.25) is 0 Å². The molecule has 9 rings (SSSR count).